The largest absolute Gasteiger partial charge is 0.395 e. The van der Waals surface area contributed by atoms with Crippen LogP contribution in [0.4, 0.5) is 0 Å². The van der Waals surface area contributed by atoms with Gasteiger partial charge in [0.25, 0.3) is 0 Å². The van der Waals surface area contributed by atoms with Crippen LogP contribution in [0.5, 0.6) is 0 Å². The number of rotatable bonds is 3. The van der Waals surface area contributed by atoms with Crippen molar-refractivity contribution in [2.45, 2.75) is 12.6 Å². The maximum atomic E-state index is 9.10. The maximum absolute atomic E-state index is 9.10. The van der Waals surface area contributed by atoms with E-state index < -0.39 is 0 Å². The Morgan fingerprint density at radius 3 is 3.29 bits per heavy atom. The average molecular weight is 199 g/mol. The van der Waals surface area contributed by atoms with Crippen molar-refractivity contribution >= 4 is 0 Å². The van der Waals surface area contributed by atoms with E-state index in [9.17, 15) is 0 Å². The summed E-state index contributed by atoms with van der Waals surface area (Å²) in [7, 11) is 0. The van der Waals surface area contributed by atoms with Crippen LogP contribution in [-0.2, 0) is 11.3 Å². The first kappa shape index (κ1) is 9.57. The highest BCUT2D eigenvalue weighted by molar-refractivity contribution is 4.81. The van der Waals surface area contributed by atoms with Crippen LogP contribution in [0.2, 0.25) is 0 Å². The number of aliphatic hydroxyl groups is 1. The summed E-state index contributed by atoms with van der Waals surface area (Å²) in [6.45, 7) is 2.70. The lowest BCUT2D eigenvalue weighted by molar-refractivity contribution is -0.0348. The Hall–Kier alpha value is -0.980. The summed E-state index contributed by atoms with van der Waals surface area (Å²) in [4.78, 5) is 6.02. The molecule has 1 atom stereocenters. The molecule has 1 aromatic heterocycles. The molecule has 14 heavy (non-hydrogen) atoms. The van der Waals surface area contributed by atoms with Crippen molar-refractivity contribution in [3.05, 3.63) is 12.2 Å². The molecule has 2 rings (SSSR count). The fourth-order valence-electron chi connectivity index (χ4n) is 1.50. The predicted octanol–water partition coefficient (Wildman–Crippen LogP) is -0.737. The lowest BCUT2D eigenvalue weighted by atomic mass is 10.2. The Labute approximate surface area is 81.5 Å². The lowest BCUT2D eigenvalue weighted by Crippen LogP contribution is -2.46. The van der Waals surface area contributed by atoms with Crippen molar-refractivity contribution in [3.8, 4) is 0 Å². The molecule has 1 fully saturated rings. The fourth-order valence-corrected chi connectivity index (χ4v) is 1.50. The highest BCUT2D eigenvalue weighted by atomic mass is 16.5. The third-order valence-corrected chi connectivity index (χ3v) is 2.31. The molecule has 6 nitrogen and oxygen atoms in total. The molecule has 0 radical (unpaired) electrons. The smallest absolute Gasteiger partial charge is 0.240 e. The summed E-state index contributed by atoms with van der Waals surface area (Å²) >= 11 is 0. The van der Waals surface area contributed by atoms with Crippen molar-refractivity contribution in [1.82, 2.24) is 15.0 Å². The quantitative estimate of drug-likeness (QED) is 0.691. The van der Waals surface area contributed by atoms with E-state index in [1.165, 1.54) is 6.33 Å². The molecule has 78 valence electrons. The second-order valence-electron chi connectivity index (χ2n) is 3.22. The third kappa shape index (κ3) is 2.09. The molecule has 6 heteroatoms. The lowest BCUT2D eigenvalue weighted by Gasteiger charge is -2.33. The number of aromatic nitrogens is 2. The van der Waals surface area contributed by atoms with Crippen LogP contribution in [0.1, 0.15) is 5.89 Å². The first-order valence-electron chi connectivity index (χ1n) is 4.58. The molecule has 1 unspecified atom stereocenters. The predicted molar refractivity (Wildman–Crippen MR) is 46.4 cm³/mol. The third-order valence-electron chi connectivity index (χ3n) is 2.31. The van der Waals surface area contributed by atoms with E-state index in [-0.39, 0.29) is 12.6 Å². The van der Waals surface area contributed by atoms with E-state index in [1.807, 2.05) is 0 Å². The SMILES string of the molecule is OCC1COCCN1Cc1ncno1. The summed E-state index contributed by atoms with van der Waals surface area (Å²) in [6, 6.07) is 0.0376. The molecule has 0 aromatic carbocycles. The van der Waals surface area contributed by atoms with Crippen molar-refractivity contribution in [3.63, 3.8) is 0 Å². The van der Waals surface area contributed by atoms with Crippen LogP contribution in [0.15, 0.2) is 10.9 Å². The van der Waals surface area contributed by atoms with Gasteiger partial charge in [0.15, 0.2) is 6.33 Å². The van der Waals surface area contributed by atoms with Gasteiger partial charge in [0.1, 0.15) is 0 Å². The van der Waals surface area contributed by atoms with E-state index in [0.29, 0.717) is 25.6 Å². The van der Waals surface area contributed by atoms with Crippen LogP contribution < -0.4 is 0 Å². The first-order chi connectivity index (χ1) is 6.90. The van der Waals surface area contributed by atoms with Gasteiger partial charge in [0.05, 0.1) is 32.4 Å². The molecule has 1 saturated heterocycles. The van der Waals surface area contributed by atoms with Gasteiger partial charge in [-0.15, -0.1) is 0 Å². The molecule has 0 saturated carbocycles. The Bertz CT molecular complexity index is 265. The zero-order chi connectivity index (χ0) is 9.80. The van der Waals surface area contributed by atoms with E-state index >= 15 is 0 Å². The summed E-state index contributed by atoms with van der Waals surface area (Å²) in [5.41, 5.74) is 0. The van der Waals surface area contributed by atoms with Crippen LogP contribution in [0.25, 0.3) is 0 Å². The molecule has 1 aliphatic heterocycles. The summed E-state index contributed by atoms with van der Waals surface area (Å²) < 4.78 is 10.2. The molecule has 0 bridgehead atoms. The minimum atomic E-state index is 0.0376. The molecule has 1 N–H and O–H groups in total. The second-order valence-corrected chi connectivity index (χ2v) is 3.22. The highest BCUT2D eigenvalue weighted by Crippen LogP contribution is 2.09. The number of hydrogen-bond donors (Lipinski definition) is 1. The Balaban J connectivity index is 1.94. The van der Waals surface area contributed by atoms with Crippen LogP contribution >= 0.6 is 0 Å². The minimum absolute atomic E-state index is 0.0376. The zero-order valence-corrected chi connectivity index (χ0v) is 7.80. The second kappa shape index (κ2) is 4.50. The Morgan fingerprint density at radius 1 is 1.64 bits per heavy atom. The zero-order valence-electron chi connectivity index (χ0n) is 7.80. The highest BCUT2D eigenvalue weighted by Gasteiger charge is 2.23. The van der Waals surface area contributed by atoms with Crippen molar-refractivity contribution in [2.24, 2.45) is 0 Å². The van der Waals surface area contributed by atoms with Gasteiger partial charge in [-0.1, -0.05) is 5.16 Å². The topological polar surface area (TPSA) is 71.6 Å². The summed E-state index contributed by atoms with van der Waals surface area (Å²) in [6.07, 6.45) is 1.38. The minimum Gasteiger partial charge on any atom is -0.395 e. The van der Waals surface area contributed by atoms with Gasteiger partial charge in [-0.2, -0.15) is 4.98 Å². The first-order valence-corrected chi connectivity index (χ1v) is 4.58. The normalized spacial score (nSPS) is 23.9. The number of nitrogens with zero attached hydrogens (tertiary/aromatic N) is 3. The number of hydrogen-bond acceptors (Lipinski definition) is 6. The fraction of sp³-hybridized carbons (Fsp3) is 0.750. The van der Waals surface area contributed by atoms with Gasteiger partial charge in [0, 0.05) is 6.54 Å². The van der Waals surface area contributed by atoms with Crippen molar-refractivity contribution in [1.29, 1.82) is 0 Å². The van der Waals surface area contributed by atoms with Crippen LogP contribution in [0, 0.1) is 0 Å². The molecule has 0 aliphatic carbocycles. The van der Waals surface area contributed by atoms with Gasteiger partial charge in [0.2, 0.25) is 5.89 Å². The van der Waals surface area contributed by atoms with Crippen molar-refractivity contribution in [2.75, 3.05) is 26.4 Å². The number of morpholine rings is 1. The van der Waals surface area contributed by atoms with Crippen molar-refractivity contribution < 1.29 is 14.4 Å². The average Bonchev–Trinajstić information content (AvgIpc) is 2.71. The summed E-state index contributed by atoms with van der Waals surface area (Å²) in [5, 5.41) is 12.6. The molecule has 0 spiro atoms. The number of aliphatic hydroxyl groups excluding tert-OH is 1. The number of ether oxygens (including phenoxy) is 1. The molecule has 1 aromatic rings. The van der Waals surface area contributed by atoms with Gasteiger partial charge in [-0.05, 0) is 0 Å². The molecular formula is C8H13N3O3. The Kier molecular flexibility index (Phi) is 3.07. The molecule has 0 amide bonds. The van der Waals surface area contributed by atoms with Gasteiger partial charge in [-0.25, -0.2) is 0 Å². The molecule has 1 aliphatic rings. The van der Waals surface area contributed by atoms with E-state index in [0.717, 1.165) is 6.54 Å². The molecular weight excluding hydrogens is 186 g/mol. The van der Waals surface area contributed by atoms with Crippen LogP contribution in [0.3, 0.4) is 0 Å². The van der Waals surface area contributed by atoms with Gasteiger partial charge in [-0.3, -0.25) is 4.90 Å². The maximum Gasteiger partial charge on any atom is 0.240 e. The Morgan fingerprint density at radius 2 is 2.57 bits per heavy atom. The van der Waals surface area contributed by atoms with E-state index in [4.69, 9.17) is 14.4 Å². The van der Waals surface area contributed by atoms with Crippen LogP contribution in [-0.4, -0.2) is 52.6 Å². The van der Waals surface area contributed by atoms with Gasteiger partial charge >= 0.3 is 0 Å². The summed E-state index contributed by atoms with van der Waals surface area (Å²) in [5.74, 6) is 0.574. The standard InChI is InChI=1S/C8H13N3O3/c12-4-7-5-13-2-1-11(7)3-8-9-6-10-14-8/h6-7,12H,1-5H2. The molecule has 2 heterocycles. The van der Waals surface area contributed by atoms with Gasteiger partial charge < -0.3 is 14.4 Å². The monoisotopic (exact) mass is 199 g/mol. The van der Waals surface area contributed by atoms with E-state index in [2.05, 4.69) is 15.0 Å². The van der Waals surface area contributed by atoms with E-state index in [1.54, 1.807) is 0 Å².